The van der Waals surface area contributed by atoms with Crippen molar-refractivity contribution in [2.45, 2.75) is 58.9 Å². The van der Waals surface area contributed by atoms with Crippen LogP contribution in [0.5, 0.6) is 0 Å². The Morgan fingerprint density at radius 3 is 2.19 bits per heavy atom. The Labute approximate surface area is 133 Å². The molecule has 4 aliphatic carbocycles. The van der Waals surface area contributed by atoms with Crippen LogP contribution in [0.1, 0.15) is 60.4 Å². The lowest BCUT2D eigenvalue weighted by molar-refractivity contribution is -0.0523. The standard InChI is InChI=1S/C19H29NS/c1-4-20-19(17-5-11(2)21-12(17)3)18-15-7-13-6-14(9-15)10-16(18)8-13/h5,13-16,18-20H,4,6-10H2,1-3H3. The van der Waals surface area contributed by atoms with E-state index in [4.69, 9.17) is 0 Å². The molecule has 0 spiro atoms. The molecule has 1 unspecified atom stereocenters. The first-order valence-corrected chi connectivity index (χ1v) is 9.77. The fraction of sp³-hybridized carbons (Fsp3) is 0.789. The van der Waals surface area contributed by atoms with Crippen LogP contribution in [0.15, 0.2) is 6.07 Å². The average Bonchev–Trinajstić information content (AvgIpc) is 2.75. The van der Waals surface area contributed by atoms with E-state index in [0.717, 1.165) is 36.1 Å². The maximum absolute atomic E-state index is 3.89. The summed E-state index contributed by atoms with van der Waals surface area (Å²) >= 11 is 1.98. The van der Waals surface area contributed by atoms with Crippen molar-refractivity contribution in [3.05, 3.63) is 21.4 Å². The van der Waals surface area contributed by atoms with Crippen molar-refractivity contribution < 1.29 is 0 Å². The Kier molecular flexibility index (Phi) is 3.66. The van der Waals surface area contributed by atoms with Gasteiger partial charge < -0.3 is 5.32 Å². The molecule has 2 heteroatoms. The molecule has 4 saturated carbocycles. The normalized spacial score (nSPS) is 38.9. The summed E-state index contributed by atoms with van der Waals surface area (Å²) in [6.45, 7) is 7.97. The van der Waals surface area contributed by atoms with Gasteiger partial charge in [0.1, 0.15) is 0 Å². The molecule has 0 saturated heterocycles. The molecular weight excluding hydrogens is 274 g/mol. The van der Waals surface area contributed by atoms with E-state index in [1.807, 2.05) is 11.3 Å². The van der Waals surface area contributed by atoms with Gasteiger partial charge in [0, 0.05) is 15.8 Å². The summed E-state index contributed by atoms with van der Waals surface area (Å²) in [6.07, 6.45) is 7.68. The summed E-state index contributed by atoms with van der Waals surface area (Å²) in [4.78, 5) is 3.03. The molecule has 5 rings (SSSR count). The van der Waals surface area contributed by atoms with E-state index in [2.05, 4.69) is 32.2 Å². The third-order valence-electron chi connectivity index (χ3n) is 6.52. The minimum absolute atomic E-state index is 0.620. The van der Waals surface area contributed by atoms with Crippen LogP contribution in [0.2, 0.25) is 0 Å². The third-order valence-corrected chi connectivity index (χ3v) is 7.50. The molecule has 21 heavy (non-hydrogen) atoms. The minimum atomic E-state index is 0.620. The molecule has 0 aromatic carbocycles. The van der Waals surface area contributed by atoms with Crippen molar-refractivity contribution >= 4 is 11.3 Å². The Hall–Kier alpha value is -0.340. The van der Waals surface area contributed by atoms with Gasteiger partial charge in [-0.1, -0.05) is 6.92 Å². The van der Waals surface area contributed by atoms with Crippen LogP contribution in [0.3, 0.4) is 0 Å². The largest absolute Gasteiger partial charge is 0.310 e. The first kappa shape index (κ1) is 14.3. The number of nitrogens with one attached hydrogen (secondary N) is 1. The highest BCUT2D eigenvalue weighted by atomic mass is 32.1. The lowest BCUT2D eigenvalue weighted by Crippen LogP contribution is -2.49. The van der Waals surface area contributed by atoms with Crippen molar-refractivity contribution in [2.24, 2.45) is 29.6 Å². The number of aryl methyl sites for hydroxylation is 2. The van der Waals surface area contributed by atoms with Crippen molar-refractivity contribution in [2.75, 3.05) is 6.54 Å². The van der Waals surface area contributed by atoms with Crippen molar-refractivity contribution in [3.8, 4) is 0 Å². The molecule has 4 aliphatic rings. The van der Waals surface area contributed by atoms with Crippen LogP contribution in [-0.2, 0) is 0 Å². The first-order chi connectivity index (χ1) is 10.2. The van der Waals surface area contributed by atoms with Gasteiger partial charge in [0.15, 0.2) is 0 Å². The molecule has 4 fully saturated rings. The van der Waals surface area contributed by atoms with Gasteiger partial charge in [-0.15, -0.1) is 11.3 Å². The second-order valence-electron chi connectivity index (χ2n) is 7.91. The predicted octanol–water partition coefficient (Wildman–Crippen LogP) is 5.09. The van der Waals surface area contributed by atoms with E-state index < -0.39 is 0 Å². The highest BCUT2D eigenvalue weighted by Crippen LogP contribution is 2.59. The Morgan fingerprint density at radius 1 is 1.10 bits per heavy atom. The van der Waals surface area contributed by atoms with E-state index in [9.17, 15) is 0 Å². The van der Waals surface area contributed by atoms with Crippen LogP contribution in [0.25, 0.3) is 0 Å². The van der Waals surface area contributed by atoms with Gasteiger partial charge in [-0.25, -0.2) is 0 Å². The van der Waals surface area contributed by atoms with Crippen molar-refractivity contribution in [1.82, 2.24) is 5.32 Å². The van der Waals surface area contributed by atoms with Gasteiger partial charge in [0.25, 0.3) is 0 Å². The van der Waals surface area contributed by atoms with E-state index in [0.29, 0.717) is 6.04 Å². The minimum Gasteiger partial charge on any atom is -0.310 e. The molecule has 0 radical (unpaired) electrons. The maximum Gasteiger partial charge on any atom is 0.0364 e. The van der Waals surface area contributed by atoms with Crippen LogP contribution in [0, 0.1) is 43.4 Å². The first-order valence-electron chi connectivity index (χ1n) is 8.96. The summed E-state index contributed by atoms with van der Waals surface area (Å²) in [5, 5.41) is 3.89. The molecule has 0 amide bonds. The fourth-order valence-corrected chi connectivity index (χ4v) is 7.12. The van der Waals surface area contributed by atoms with E-state index in [1.54, 1.807) is 16.9 Å². The lowest BCUT2D eigenvalue weighted by Gasteiger charge is -2.56. The number of rotatable bonds is 4. The fourth-order valence-electron chi connectivity index (χ4n) is 6.14. The molecule has 116 valence electrons. The highest BCUT2D eigenvalue weighted by Gasteiger charge is 2.50. The zero-order chi connectivity index (χ0) is 14.6. The second-order valence-corrected chi connectivity index (χ2v) is 9.37. The second kappa shape index (κ2) is 5.38. The maximum atomic E-state index is 3.89. The Bertz CT molecular complexity index is 490. The average molecular weight is 304 g/mol. The van der Waals surface area contributed by atoms with Crippen LogP contribution < -0.4 is 5.32 Å². The van der Waals surface area contributed by atoms with E-state index in [-0.39, 0.29) is 0 Å². The third kappa shape index (κ3) is 2.39. The zero-order valence-electron chi connectivity index (χ0n) is 13.7. The predicted molar refractivity (Wildman–Crippen MR) is 90.7 cm³/mol. The smallest absolute Gasteiger partial charge is 0.0364 e. The van der Waals surface area contributed by atoms with Gasteiger partial charge in [-0.3, -0.25) is 0 Å². The molecule has 1 aromatic heterocycles. The Balaban J connectivity index is 1.66. The number of hydrogen-bond acceptors (Lipinski definition) is 2. The van der Waals surface area contributed by atoms with Crippen LogP contribution in [0.4, 0.5) is 0 Å². The highest BCUT2D eigenvalue weighted by molar-refractivity contribution is 7.12. The van der Waals surface area contributed by atoms with E-state index in [1.165, 1.54) is 30.6 Å². The molecule has 1 N–H and O–H groups in total. The van der Waals surface area contributed by atoms with Crippen molar-refractivity contribution in [1.29, 1.82) is 0 Å². The molecule has 1 aromatic rings. The Morgan fingerprint density at radius 2 is 1.71 bits per heavy atom. The van der Waals surface area contributed by atoms with Crippen LogP contribution in [-0.4, -0.2) is 6.54 Å². The zero-order valence-corrected chi connectivity index (χ0v) is 14.5. The summed E-state index contributed by atoms with van der Waals surface area (Å²) in [7, 11) is 0. The SMILES string of the molecule is CCNC(c1cc(C)sc1C)C1C2CC3CC(C2)CC1C3. The van der Waals surface area contributed by atoms with Gasteiger partial charge in [-0.05, 0) is 93.7 Å². The number of hydrogen-bond donors (Lipinski definition) is 1. The van der Waals surface area contributed by atoms with Gasteiger partial charge in [-0.2, -0.15) is 0 Å². The summed E-state index contributed by atoms with van der Waals surface area (Å²) < 4.78 is 0. The van der Waals surface area contributed by atoms with Gasteiger partial charge >= 0.3 is 0 Å². The summed E-state index contributed by atoms with van der Waals surface area (Å²) in [5.41, 5.74) is 1.62. The number of thiophene rings is 1. The van der Waals surface area contributed by atoms with Crippen LogP contribution >= 0.6 is 11.3 Å². The molecule has 1 nitrogen and oxygen atoms in total. The molecular formula is C19H29NS. The van der Waals surface area contributed by atoms with Crippen molar-refractivity contribution in [3.63, 3.8) is 0 Å². The molecule has 4 bridgehead atoms. The summed E-state index contributed by atoms with van der Waals surface area (Å²) in [6, 6.07) is 3.09. The molecule has 1 atom stereocenters. The summed E-state index contributed by atoms with van der Waals surface area (Å²) in [5.74, 6) is 5.08. The van der Waals surface area contributed by atoms with Gasteiger partial charge in [0.05, 0.1) is 0 Å². The molecule has 0 aliphatic heterocycles. The topological polar surface area (TPSA) is 12.0 Å². The molecule has 1 heterocycles. The van der Waals surface area contributed by atoms with Gasteiger partial charge in [0.2, 0.25) is 0 Å². The lowest BCUT2D eigenvalue weighted by atomic mass is 9.50. The quantitative estimate of drug-likeness (QED) is 0.817. The monoisotopic (exact) mass is 303 g/mol. The van der Waals surface area contributed by atoms with E-state index >= 15 is 0 Å².